The van der Waals surface area contributed by atoms with E-state index >= 15 is 0 Å². The summed E-state index contributed by atoms with van der Waals surface area (Å²) in [6.07, 6.45) is 1.94. The van der Waals surface area contributed by atoms with Crippen molar-refractivity contribution in [2.45, 2.75) is 13.8 Å². The van der Waals surface area contributed by atoms with E-state index in [2.05, 4.69) is 0 Å². The summed E-state index contributed by atoms with van der Waals surface area (Å²) in [6.45, 7) is 1.65. The number of ketones is 2. The van der Waals surface area contributed by atoms with E-state index in [1.165, 1.54) is 13.8 Å². The molecule has 0 aliphatic carbocycles. The number of aliphatic hydroxyl groups is 4. The van der Waals surface area contributed by atoms with Crippen LogP contribution >= 0.6 is 0 Å². The van der Waals surface area contributed by atoms with Gasteiger partial charge in [-0.25, -0.2) is 0 Å². The second kappa shape index (κ2) is 13.0. The molecule has 0 heterocycles. The zero-order valence-corrected chi connectivity index (χ0v) is 12.8. The van der Waals surface area contributed by atoms with E-state index in [0.717, 1.165) is 12.2 Å². The molecule has 17 heavy (non-hydrogen) atoms. The summed E-state index contributed by atoms with van der Waals surface area (Å²) < 4.78 is 0. The first-order valence-electron chi connectivity index (χ1n) is 4.35. The summed E-state index contributed by atoms with van der Waals surface area (Å²) in [5, 5.41) is 32.9. The molecule has 0 saturated carbocycles. The fraction of sp³-hybridized carbons (Fsp3) is 0.400. The predicted molar refractivity (Wildman–Crippen MR) is 57.0 cm³/mol. The molecule has 0 aromatic rings. The van der Waals surface area contributed by atoms with Crippen molar-refractivity contribution >= 4 is 11.6 Å². The van der Waals surface area contributed by atoms with E-state index in [9.17, 15) is 9.59 Å². The van der Waals surface area contributed by atoms with Crippen LogP contribution in [-0.2, 0) is 29.1 Å². The molecular formula is C10H16O6Zn. The molecule has 7 heteroatoms. The molecule has 0 aromatic carbocycles. The van der Waals surface area contributed by atoms with Gasteiger partial charge >= 0.3 is 0 Å². The molecule has 6 nitrogen and oxygen atoms in total. The number of carbonyl (C=O) groups excluding carboxylic acids is 2. The summed E-state index contributed by atoms with van der Waals surface area (Å²) in [7, 11) is 0. The fourth-order valence-corrected chi connectivity index (χ4v) is 0.557. The van der Waals surface area contributed by atoms with Crippen molar-refractivity contribution in [3.63, 3.8) is 0 Å². The van der Waals surface area contributed by atoms with Gasteiger partial charge < -0.3 is 20.4 Å². The molecule has 0 radical (unpaired) electrons. The van der Waals surface area contributed by atoms with Crippen LogP contribution in [0.5, 0.6) is 0 Å². The molecule has 0 aromatic heterocycles. The van der Waals surface area contributed by atoms with Crippen LogP contribution in [0.25, 0.3) is 0 Å². The zero-order valence-electron chi connectivity index (χ0n) is 9.88. The first kappa shape index (κ1) is 21.3. The second-order valence-corrected chi connectivity index (χ2v) is 2.82. The van der Waals surface area contributed by atoms with Gasteiger partial charge in [0.2, 0.25) is 0 Å². The van der Waals surface area contributed by atoms with Crippen LogP contribution in [0.1, 0.15) is 13.8 Å². The summed E-state index contributed by atoms with van der Waals surface area (Å²) >= 11 is 0. The van der Waals surface area contributed by atoms with Gasteiger partial charge in [0.15, 0.2) is 11.6 Å². The monoisotopic (exact) mass is 296 g/mol. The molecule has 0 rings (SSSR count). The van der Waals surface area contributed by atoms with Gasteiger partial charge in [-0.1, -0.05) is 0 Å². The number of allylic oxidation sites excluding steroid dienone is 2. The minimum atomic E-state index is -0.544. The van der Waals surface area contributed by atoms with Crippen LogP contribution in [0.2, 0.25) is 0 Å². The Balaban J connectivity index is -0.000000218. The van der Waals surface area contributed by atoms with E-state index in [1.807, 2.05) is 0 Å². The van der Waals surface area contributed by atoms with Crippen LogP contribution in [-0.4, -0.2) is 45.2 Å². The first-order valence-corrected chi connectivity index (χ1v) is 4.35. The molecule has 0 spiro atoms. The molecule has 94 valence electrons. The Bertz CT molecular complexity index is 257. The quantitative estimate of drug-likeness (QED) is 0.330. The predicted octanol–water partition coefficient (Wildman–Crippen LogP) is 0.0167. The molecule has 0 saturated heterocycles. The Hall–Kier alpha value is -1.04. The van der Waals surface area contributed by atoms with E-state index in [4.69, 9.17) is 20.4 Å². The van der Waals surface area contributed by atoms with Gasteiger partial charge in [0.05, 0.1) is 11.5 Å². The Morgan fingerprint density at radius 3 is 1.18 bits per heavy atom. The van der Waals surface area contributed by atoms with Gasteiger partial charge in [-0.15, -0.1) is 0 Å². The molecule has 0 atom stereocenters. The van der Waals surface area contributed by atoms with Gasteiger partial charge in [0.1, 0.15) is 13.2 Å². The van der Waals surface area contributed by atoms with Crippen LogP contribution in [0.4, 0.5) is 0 Å². The number of hydrogen-bond acceptors (Lipinski definition) is 6. The molecule has 0 aliphatic heterocycles. The third-order valence-electron chi connectivity index (χ3n) is 1.05. The Kier molecular flexibility index (Phi) is 16.3. The minimum absolute atomic E-state index is 0. The maximum atomic E-state index is 10.1. The Morgan fingerprint density at radius 1 is 0.882 bits per heavy atom. The number of aliphatic hydroxyl groups excluding tert-OH is 4. The smallest absolute Gasteiger partial charge is 0.184 e. The van der Waals surface area contributed by atoms with Gasteiger partial charge in [0.25, 0.3) is 0 Å². The summed E-state index contributed by atoms with van der Waals surface area (Å²) in [5.41, 5.74) is 0. The third-order valence-corrected chi connectivity index (χ3v) is 1.05. The van der Waals surface area contributed by atoms with Crippen LogP contribution in [0, 0.1) is 0 Å². The number of rotatable bonds is 4. The van der Waals surface area contributed by atoms with E-state index in [0.29, 0.717) is 0 Å². The van der Waals surface area contributed by atoms with Crippen molar-refractivity contribution in [3.05, 3.63) is 23.7 Å². The second-order valence-electron chi connectivity index (χ2n) is 2.82. The van der Waals surface area contributed by atoms with E-state index < -0.39 is 24.8 Å². The summed E-state index contributed by atoms with van der Waals surface area (Å²) in [6, 6.07) is 0. The third kappa shape index (κ3) is 20.9. The van der Waals surface area contributed by atoms with Gasteiger partial charge in [-0.05, 0) is 13.8 Å². The molecule has 0 bridgehead atoms. The largest absolute Gasteiger partial charge is 0.512 e. The molecule has 0 fully saturated rings. The average Bonchev–Trinajstić information content (AvgIpc) is 2.16. The van der Waals surface area contributed by atoms with E-state index in [1.54, 1.807) is 0 Å². The van der Waals surface area contributed by atoms with Gasteiger partial charge in [-0.2, -0.15) is 0 Å². The van der Waals surface area contributed by atoms with E-state index in [-0.39, 0.29) is 31.0 Å². The van der Waals surface area contributed by atoms with Crippen molar-refractivity contribution in [3.8, 4) is 0 Å². The standard InChI is InChI=1S/2C5H8O3.Zn/c2*1-4(7)2-5(8)3-6;/h2*2,6-7H,3H2,1H3;/b2*4-2-;. The fourth-order valence-electron chi connectivity index (χ4n) is 0.557. The molecule has 0 aliphatic rings. The SMILES string of the molecule is C/C(O)=C/C(=O)CO.C/C(O)=C/C(=O)CO.[Zn]. The molecule has 4 N–H and O–H groups in total. The Labute approximate surface area is 112 Å². The van der Waals surface area contributed by atoms with Crippen molar-refractivity contribution < 1.29 is 49.5 Å². The normalized spacial score (nSPS) is 10.8. The average molecular weight is 298 g/mol. The van der Waals surface area contributed by atoms with Crippen molar-refractivity contribution in [2.75, 3.05) is 13.2 Å². The maximum absolute atomic E-state index is 10.1. The van der Waals surface area contributed by atoms with Gasteiger partial charge in [-0.3, -0.25) is 9.59 Å². The Morgan fingerprint density at radius 2 is 1.12 bits per heavy atom. The number of carbonyl (C=O) groups is 2. The minimum Gasteiger partial charge on any atom is -0.512 e. The van der Waals surface area contributed by atoms with Crippen molar-refractivity contribution in [1.29, 1.82) is 0 Å². The van der Waals surface area contributed by atoms with Crippen LogP contribution < -0.4 is 0 Å². The van der Waals surface area contributed by atoms with Crippen molar-refractivity contribution in [1.82, 2.24) is 0 Å². The maximum Gasteiger partial charge on any atom is 0.184 e. The zero-order chi connectivity index (χ0) is 13.1. The molecule has 0 unspecified atom stereocenters. The number of hydrogen-bond donors (Lipinski definition) is 4. The first-order chi connectivity index (χ1) is 7.33. The molecular weight excluding hydrogens is 281 g/mol. The molecule has 0 amide bonds. The van der Waals surface area contributed by atoms with Crippen LogP contribution in [0.3, 0.4) is 0 Å². The van der Waals surface area contributed by atoms with Gasteiger partial charge in [0, 0.05) is 31.6 Å². The topological polar surface area (TPSA) is 115 Å². The summed E-state index contributed by atoms with van der Waals surface area (Å²) in [4.78, 5) is 20.3. The van der Waals surface area contributed by atoms with Crippen LogP contribution in [0.15, 0.2) is 23.7 Å². The summed E-state index contributed by atoms with van der Waals surface area (Å²) in [5.74, 6) is -1.12. The van der Waals surface area contributed by atoms with Crippen molar-refractivity contribution in [2.24, 2.45) is 0 Å².